The summed E-state index contributed by atoms with van der Waals surface area (Å²) in [7, 11) is 1.84. The van der Waals surface area contributed by atoms with Crippen LogP contribution in [0.5, 0.6) is 0 Å². The maximum Gasteiger partial charge on any atom is 0.235 e. The lowest BCUT2D eigenvalue weighted by Gasteiger charge is -2.09. The van der Waals surface area contributed by atoms with Crippen LogP contribution in [0.15, 0.2) is 47.2 Å². The van der Waals surface area contributed by atoms with Crippen LogP contribution >= 0.6 is 0 Å². The molecule has 6 heteroatoms. The van der Waals surface area contributed by atoms with Gasteiger partial charge in [-0.25, -0.2) is 0 Å². The van der Waals surface area contributed by atoms with Crippen LogP contribution in [0.1, 0.15) is 17.4 Å². The Kier molecular flexibility index (Phi) is 3.30. The summed E-state index contributed by atoms with van der Waals surface area (Å²) in [6.45, 7) is 0.415. The molecule has 0 saturated heterocycles. The van der Waals surface area contributed by atoms with Gasteiger partial charge in [-0.05, 0) is 5.56 Å². The lowest BCUT2D eigenvalue weighted by Crippen LogP contribution is -2.14. The molecule has 2 aromatic heterocycles. The largest absolute Gasteiger partial charge is 0.338 e. The second kappa shape index (κ2) is 5.26. The molecule has 3 aromatic rings. The van der Waals surface area contributed by atoms with E-state index >= 15 is 0 Å². The van der Waals surface area contributed by atoms with E-state index in [9.17, 15) is 0 Å². The van der Waals surface area contributed by atoms with Gasteiger partial charge in [0.2, 0.25) is 11.7 Å². The Morgan fingerprint density at radius 1 is 1.30 bits per heavy atom. The van der Waals surface area contributed by atoms with Crippen LogP contribution in [0.3, 0.4) is 0 Å². The molecular weight excluding hydrogens is 254 g/mol. The normalized spacial score (nSPS) is 12.5. The highest BCUT2D eigenvalue weighted by Crippen LogP contribution is 2.24. The molecule has 2 heterocycles. The van der Waals surface area contributed by atoms with Crippen molar-refractivity contribution in [1.82, 2.24) is 19.9 Å². The highest BCUT2D eigenvalue weighted by molar-refractivity contribution is 5.51. The Bertz CT molecular complexity index is 688. The first-order valence-electron chi connectivity index (χ1n) is 6.35. The molecular formula is C14H15N5O. The number of benzene rings is 1. The quantitative estimate of drug-likeness (QED) is 0.777. The van der Waals surface area contributed by atoms with Gasteiger partial charge in [-0.3, -0.25) is 4.68 Å². The van der Waals surface area contributed by atoms with E-state index in [1.807, 2.05) is 43.6 Å². The number of nitrogens with zero attached hydrogens (tertiary/aromatic N) is 4. The molecule has 102 valence electrons. The van der Waals surface area contributed by atoms with E-state index in [2.05, 4.69) is 15.2 Å². The van der Waals surface area contributed by atoms with Crippen molar-refractivity contribution in [3.05, 3.63) is 54.2 Å². The molecule has 0 fully saturated rings. The van der Waals surface area contributed by atoms with E-state index in [0.717, 1.165) is 11.1 Å². The second-order valence-corrected chi connectivity index (χ2v) is 4.56. The topological polar surface area (TPSA) is 82.8 Å². The van der Waals surface area contributed by atoms with Crippen molar-refractivity contribution in [3.8, 4) is 11.4 Å². The van der Waals surface area contributed by atoms with Gasteiger partial charge in [-0.1, -0.05) is 35.5 Å². The van der Waals surface area contributed by atoms with E-state index in [1.54, 1.807) is 10.9 Å². The van der Waals surface area contributed by atoms with Crippen molar-refractivity contribution >= 4 is 0 Å². The van der Waals surface area contributed by atoms with Gasteiger partial charge < -0.3 is 10.3 Å². The maximum absolute atomic E-state index is 5.84. The molecule has 0 aliphatic heterocycles. The van der Waals surface area contributed by atoms with Crippen LogP contribution in [-0.2, 0) is 7.05 Å². The van der Waals surface area contributed by atoms with Crippen LogP contribution in [0.25, 0.3) is 11.4 Å². The maximum atomic E-state index is 5.84. The zero-order chi connectivity index (χ0) is 13.9. The highest BCUT2D eigenvalue weighted by atomic mass is 16.5. The molecule has 3 rings (SSSR count). The molecule has 2 N–H and O–H groups in total. The molecule has 0 aliphatic carbocycles. The highest BCUT2D eigenvalue weighted by Gasteiger charge is 2.20. The summed E-state index contributed by atoms with van der Waals surface area (Å²) in [5.74, 6) is 0.967. The first-order chi connectivity index (χ1) is 9.78. The molecule has 6 nitrogen and oxygen atoms in total. The summed E-state index contributed by atoms with van der Waals surface area (Å²) in [6.07, 6.45) is 3.54. The number of hydrogen-bond donors (Lipinski definition) is 1. The molecule has 20 heavy (non-hydrogen) atoms. The number of aryl methyl sites for hydroxylation is 1. The van der Waals surface area contributed by atoms with Crippen molar-refractivity contribution in [2.24, 2.45) is 12.8 Å². The number of hydrogen-bond acceptors (Lipinski definition) is 5. The minimum absolute atomic E-state index is 0.0888. The van der Waals surface area contributed by atoms with Gasteiger partial charge in [-0.15, -0.1) is 0 Å². The molecule has 0 radical (unpaired) electrons. The molecule has 1 unspecified atom stereocenters. The van der Waals surface area contributed by atoms with Crippen LogP contribution < -0.4 is 5.73 Å². The van der Waals surface area contributed by atoms with E-state index < -0.39 is 0 Å². The van der Waals surface area contributed by atoms with Gasteiger partial charge >= 0.3 is 0 Å². The van der Waals surface area contributed by atoms with Crippen molar-refractivity contribution in [2.45, 2.75) is 5.92 Å². The standard InChI is InChI=1S/C14H15N5O/c1-19-9-11(8-16-19)13-17-14(20-18-13)12(7-15)10-5-3-2-4-6-10/h2-6,8-9,12H,7,15H2,1H3. The Morgan fingerprint density at radius 3 is 2.75 bits per heavy atom. The summed E-state index contributed by atoms with van der Waals surface area (Å²) in [5.41, 5.74) is 7.74. The van der Waals surface area contributed by atoms with E-state index in [-0.39, 0.29) is 5.92 Å². The first kappa shape index (κ1) is 12.6. The van der Waals surface area contributed by atoms with E-state index in [4.69, 9.17) is 10.3 Å². The van der Waals surface area contributed by atoms with Gasteiger partial charge in [0.1, 0.15) is 0 Å². The van der Waals surface area contributed by atoms with Crippen LogP contribution in [0, 0.1) is 0 Å². The monoisotopic (exact) mass is 269 g/mol. The van der Waals surface area contributed by atoms with Crippen molar-refractivity contribution in [3.63, 3.8) is 0 Å². The van der Waals surface area contributed by atoms with E-state index in [1.165, 1.54) is 0 Å². The molecule has 0 spiro atoms. The lowest BCUT2D eigenvalue weighted by molar-refractivity contribution is 0.367. The predicted molar refractivity (Wildman–Crippen MR) is 73.8 cm³/mol. The Morgan fingerprint density at radius 2 is 2.10 bits per heavy atom. The Balaban J connectivity index is 1.92. The number of nitrogens with two attached hydrogens (primary N) is 1. The zero-order valence-electron chi connectivity index (χ0n) is 11.1. The predicted octanol–water partition coefficient (Wildman–Crippen LogP) is 1.56. The first-order valence-corrected chi connectivity index (χ1v) is 6.35. The minimum atomic E-state index is -0.0888. The number of aromatic nitrogens is 4. The van der Waals surface area contributed by atoms with Gasteiger partial charge in [0, 0.05) is 19.8 Å². The fraction of sp³-hybridized carbons (Fsp3) is 0.214. The van der Waals surface area contributed by atoms with Gasteiger partial charge in [-0.2, -0.15) is 10.1 Å². The molecule has 1 atom stereocenters. The zero-order valence-corrected chi connectivity index (χ0v) is 11.1. The van der Waals surface area contributed by atoms with Gasteiger partial charge in [0.05, 0.1) is 17.7 Å². The summed E-state index contributed by atoms with van der Waals surface area (Å²) in [4.78, 5) is 4.43. The molecule has 0 saturated carbocycles. The summed E-state index contributed by atoms with van der Waals surface area (Å²) >= 11 is 0. The van der Waals surface area contributed by atoms with Crippen LogP contribution in [-0.4, -0.2) is 26.5 Å². The van der Waals surface area contributed by atoms with E-state index in [0.29, 0.717) is 18.3 Å². The molecule has 0 bridgehead atoms. The number of rotatable bonds is 4. The second-order valence-electron chi connectivity index (χ2n) is 4.56. The summed E-state index contributed by atoms with van der Waals surface area (Å²) in [5, 5.41) is 8.09. The van der Waals surface area contributed by atoms with Crippen molar-refractivity contribution < 1.29 is 4.52 Å². The Labute approximate surface area is 116 Å². The Hall–Kier alpha value is -2.47. The third-order valence-electron chi connectivity index (χ3n) is 3.14. The average Bonchev–Trinajstić information content (AvgIpc) is 3.10. The SMILES string of the molecule is Cn1cc(-c2noc(C(CN)c3ccccc3)n2)cn1. The third-order valence-corrected chi connectivity index (χ3v) is 3.14. The fourth-order valence-corrected chi connectivity index (χ4v) is 2.10. The fourth-order valence-electron chi connectivity index (χ4n) is 2.10. The lowest BCUT2D eigenvalue weighted by atomic mass is 9.99. The minimum Gasteiger partial charge on any atom is -0.338 e. The molecule has 1 aromatic carbocycles. The summed E-state index contributed by atoms with van der Waals surface area (Å²) < 4.78 is 7.06. The van der Waals surface area contributed by atoms with Crippen molar-refractivity contribution in [1.29, 1.82) is 0 Å². The van der Waals surface area contributed by atoms with Gasteiger partial charge in [0.25, 0.3) is 0 Å². The average molecular weight is 269 g/mol. The van der Waals surface area contributed by atoms with Gasteiger partial charge in [0.15, 0.2) is 0 Å². The van der Waals surface area contributed by atoms with Crippen molar-refractivity contribution in [2.75, 3.05) is 6.54 Å². The smallest absolute Gasteiger partial charge is 0.235 e. The molecule has 0 aliphatic rings. The molecule has 0 amide bonds. The third kappa shape index (κ3) is 2.33. The van der Waals surface area contributed by atoms with Crippen LogP contribution in [0.2, 0.25) is 0 Å². The van der Waals surface area contributed by atoms with Crippen LogP contribution in [0.4, 0.5) is 0 Å². The summed E-state index contributed by atoms with van der Waals surface area (Å²) in [6, 6.07) is 9.91.